The Morgan fingerprint density at radius 3 is 3.05 bits per heavy atom. The van der Waals surface area contributed by atoms with E-state index in [0.717, 1.165) is 25.0 Å². The van der Waals surface area contributed by atoms with E-state index >= 15 is 0 Å². The highest BCUT2D eigenvalue weighted by molar-refractivity contribution is 5.08. The summed E-state index contributed by atoms with van der Waals surface area (Å²) in [7, 11) is 2.22. The second-order valence-electron chi connectivity index (χ2n) is 5.81. The van der Waals surface area contributed by atoms with Crippen molar-refractivity contribution in [3.63, 3.8) is 0 Å². The van der Waals surface area contributed by atoms with E-state index in [9.17, 15) is 0 Å². The third kappa shape index (κ3) is 4.59. The Balaban J connectivity index is 1.79. The minimum absolute atomic E-state index is 0.733. The Morgan fingerprint density at radius 1 is 1.42 bits per heavy atom. The molecule has 0 radical (unpaired) electrons. The average Bonchev–Trinajstić information content (AvgIpc) is 2.84. The Bertz CT molecular complexity index is 352. The van der Waals surface area contributed by atoms with Crippen LogP contribution in [0.1, 0.15) is 38.2 Å². The summed E-state index contributed by atoms with van der Waals surface area (Å²) in [5.41, 5.74) is 1.31. The molecule has 0 amide bonds. The number of nitrogens with one attached hydrogen (secondary N) is 1. The van der Waals surface area contributed by atoms with Gasteiger partial charge in [0, 0.05) is 31.5 Å². The van der Waals surface area contributed by atoms with Gasteiger partial charge in [-0.3, -0.25) is 4.98 Å². The summed E-state index contributed by atoms with van der Waals surface area (Å²) in [6, 6.07) is 4.91. The largest absolute Gasteiger partial charge is 0.314 e. The molecule has 0 bridgehead atoms. The summed E-state index contributed by atoms with van der Waals surface area (Å²) >= 11 is 0. The number of hydrogen-bond acceptors (Lipinski definition) is 3. The first-order valence-corrected chi connectivity index (χ1v) is 7.60. The molecule has 1 aromatic heterocycles. The van der Waals surface area contributed by atoms with Crippen LogP contribution in [0.3, 0.4) is 0 Å². The van der Waals surface area contributed by atoms with Crippen LogP contribution in [0.4, 0.5) is 0 Å². The molecule has 106 valence electrons. The Morgan fingerprint density at radius 2 is 2.32 bits per heavy atom. The highest BCUT2D eigenvalue weighted by atomic mass is 15.1. The molecule has 1 N–H and O–H groups in total. The van der Waals surface area contributed by atoms with Gasteiger partial charge >= 0.3 is 0 Å². The first kappa shape index (κ1) is 14.5. The van der Waals surface area contributed by atoms with Gasteiger partial charge in [0.2, 0.25) is 0 Å². The molecule has 2 unspecified atom stereocenters. The number of hydrogen-bond donors (Lipinski definition) is 1. The van der Waals surface area contributed by atoms with Gasteiger partial charge in [-0.1, -0.05) is 19.4 Å². The summed E-state index contributed by atoms with van der Waals surface area (Å²) in [5.74, 6) is 0.813. The normalized spacial score (nSPS) is 23.1. The van der Waals surface area contributed by atoms with Crippen LogP contribution in [0, 0.1) is 5.92 Å². The molecule has 0 aromatic carbocycles. The second-order valence-corrected chi connectivity index (χ2v) is 5.81. The van der Waals surface area contributed by atoms with E-state index in [-0.39, 0.29) is 0 Å². The van der Waals surface area contributed by atoms with E-state index in [0.29, 0.717) is 0 Å². The molecule has 0 aliphatic heterocycles. The van der Waals surface area contributed by atoms with Gasteiger partial charge in [0.25, 0.3) is 0 Å². The van der Waals surface area contributed by atoms with Gasteiger partial charge in [-0.05, 0) is 50.4 Å². The van der Waals surface area contributed by atoms with Gasteiger partial charge in [-0.2, -0.15) is 0 Å². The predicted octanol–water partition coefficient (Wildman–Crippen LogP) is 2.68. The van der Waals surface area contributed by atoms with Crippen molar-refractivity contribution in [2.24, 2.45) is 5.92 Å². The lowest BCUT2D eigenvalue weighted by molar-refractivity contribution is 0.245. The van der Waals surface area contributed by atoms with Crippen molar-refractivity contribution in [2.75, 3.05) is 20.1 Å². The minimum Gasteiger partial charge on any atom is -0.314 e. The molecule has 0 spiro atoms. The number of nitrogens with zero attached hydrogens (tertiary/aromatic N) is 2. The van der Waals surface area contributed by atoms with Crippen LogP contribution in [0.5, 0.6) is 0 Å². The van der Waals surface area contributed by atoms with Crippen LogP contribution in [0.25, 0.3) is 0 Å². The molecule has 3 heteroatoms. The van der Waals surface area contributed by atoms with E-state index in [2.05, 4.69) is 35.2 Å². The van der Waals surface area contributed by atoms with Crippen molar-refractivity contribution in [3.05, 3.63) is 30.1 Å². The molecule has 19 heavy (non-hydrogen) atoms. The summed E-state index contributed by atoms with van der Waals surface area (Å²) in [5, 5.41) is 3.71. The van der Waals surface area contributed by atoms with Crippen molar-refractivity contribution < 1.29 is 0 Å². The van der Waals surface area contributed by atoms with E-state index < -0.39 is 0 Å². The van der Waals surface area contributed by atoms with Crippen LogP contribution in [0.2, 0.25) is 0 Å². The van der Waals surface area contributed by atoms with Crippen molar-refractivity contribution in [1.82, 2.24) is 15.2 Å². The van der Waals surface area contributed by atoms with Crippen LogP contribution >= 0.6 is 0 Å². The van der Waals surface area contributed by atoms with E-state index in [1.807, 2.05) is 18.5 Å². The molecule has 3 nitrogen and oxygen atoms in total. The Kier molecular flexibility index (Phi) is 5.80. The molecule has 1 heterocycles. The van der Waals surface area contributed by atoms with E-state index in [1.54, 1.807) is 0 Å². The third-order valence-electron chi connectivity index (χ3n) is 4.04. The maximum Gasteiger partial charge on any atom is 0.0312 e. The first-order chi connectivity index (χ1) is 9.29. The monoisotopic (exact) mass is 261 g/mol. The predicted molar refractivity (Wildman–Crippen MR) is 80.0 cm³/mol. The quantitative estimate of drug-likeness (QED) is 0.818. The molecular weight excluding hydrogens is 234 g/mol. The molecule has 1 saturated carbocycles. The number of rotatable bonds is 7. The van der Waals surface area contributed by atoms with Crippen LogP contribution in [0.15, 0.2) is 24.5 Å². The zero-order valence-electron chi connectivity index (χ0n) is 12.3. The average molecular weight is 261 g/mol. The number of aromatic nitrogens is 1. The lowest BCUT2D eigenvalue weighted by Crippen LogP contribution is -2.38. The molecule has 1 aliphatic carbocycles. The van der Waals surface area contributed by atoms with Crippen molar-refractivity contribution in [2.45, 2.75) is 45.2 Å². The van der Waals surface area contributed by atoms with Gasteiger partial charge in [0.05, 0.1) is 0 Å². The maximum atomic E-state index is 4.19. The molecule has 2 atom stereocenters. The van der Waals surface area contributed by atoms with Gasteiger partial charge in [0.15, 0.2) is 0 Å². The highest BCUT2D eigenvalue weighted by Gasteiger charge is 2.27. The van der Waals surface area contributed by atoms with Crippen molar-refractivity contribution in [1.29, 1.82) is 0 Å². The van der Waals surface area contributed by atoms with E-state index in [1.165, 1.54) is 37.8 Å². The van der Waals surface area contributed by atoms with E-state index in [4.69, 9.17) is 0 Å². The second kappa shape index (κ2) is 7.61. The summed E-state index contributed by atoms with van der Waals surface area (Å²) in [6.45, 7) is 5.60. The van der Waals surface area contributed by atoms with Crippen LogP contribution in [-0.2, 0) is 6.54 Å². The van der Waals surface area contributed by atoms with Crippen molar-refractivity contribution in [3.8, 4) is 0 Å². The summed E-state index contributed by atoms with van der Waals surface area (Å²) in [4.78, 5) is 6.62. The zero-order valence-corrected chi connectivity index (χ0v) is 12.3. The molecule has 1 fully saturated rings. The summed E-state index contributed by atoms with van der Waals surface area (Å²) < 4.78 is 0. The van der Waals surface area contributed by atoms with Crippen LogP contribution in [-0.4, -0.2) is 36.1 Å². The standard InChI is InChI=1S/C16H27N3/c1-3-9-18-16-8-4-7-15(16)13-19(2)12-14-6-5-10-17-11-14/h5-6,10-11,15-16,18H,3-4,7-9,12-13H2,1-2H3. The lowest BCUT2D eigenvalue weighted by atomic mass is 10.0. The molecule has 0 saturated heterocycles. The fraction of sp³-hybridized carbons (Fsp3) is 0.688. The van der Waals surface area contributed by atoms with Crippen molar-refractivity contribution >= 4 is 0 Å². The topological polar surface area (TPSA) is 28.2 Å². The SMILES string of the molecule is CCCNC1CCCC1CN(C)Cc1cccnc1. The lowest BCUT2D eigenvalue weighted by Gasteiger charge is -2.26. The molecule has 2 rings (SSSR count). The first-order valence-electron chi connectivity index (χ1n) is 7.60. The fourth-order valence-corrected chi connectivity index (χ4v) is 3.12. The van der Waals surface area contributed by atoms with Gasteiger partial charge < -0.3 is 10.2 Å². The fourth-order valence-electron chi connectivity index (χ4n) is 3.12. The Labute approximate surface area is 117 Å². The van der Waals surface area contributed by atoms with Crippen LogP contribution < -0.4 is 5.32 Å². The zero-order chi connectivity index (χ0) is 13.5. The Hall–Kier alpha value is -0.930. The molecule has 1 aromatic rings. The summed E-state index contributed by atoms with van der Waals surface area (Å²) in [6.07, 6.45) is 9.15. The minimum atomic E-state index is 0.733. The third-order valence-corrected chi connectivity index (χ3v) is 4.04. The van der Waals surface area contributed by atoms with Gasteiger partial charge in [-0.25, -0.2) is 0 Å². The highest BCUT2D eigenvalue weighted by Crippen LogP contribution is 2.26. The molecule has 1 aliphatic rings. The molecular formula is C16H27N3. The van der Waals surface area contributed by atoms with Gasteiger partial charge in [-0.15, -0.1) is 0 Å². The van der Waals surface area contributed by atoms with Gasteiger partial charge in [0.1, 0.15) is 0 Å². The smallest absolute Gasteiger partial charge is 0.0312 e. The maximum absolute atomic E-state index is 4.19. The number of pyridine rings is 1.